The zero-order chi connectivity index (χ0) is 11.5. The van der Waals surface area contributed by atoms with Crippen molar-refractivity contribution in [1.82, 2.24) is 0 Å². The Balaban J connectivity index is 3.63. The van der Waals surface area contributed by atoms with Crippen molar-refractivity contribution in [3.8, 4) is 0 Å². The Labute approximate surface area is 91.8 Å². The molecule has 0 aliphatic rings. The van der Waals surface area contributed by atoms with Crippen molar-refractivity contribution in [2.75, 3.05) is 13.7 Å². The van der Waals surface area contributed by atoms with Gasteiger partial charge in [0.2, 0.25) is 0 Å². The third-order valence-corrected chi connectivity index (χ3v) is 2.09. The lowest BCUT2D eigenvalue weighted by Crippen LogP contribution is -2.25. The van der Waals surface area contributed by atoms with Crippen molar-refractivity contribution in [3.63, 3.8) is 0 Å². The number of rotatable bonds is 9. The van der Waals surface area contributed by atoms with E-state index in [9.17, 15) is 4.79 Å². The van der Waals surface area contributed by atoms with E-state index < -0.39 is 12.1 Å². The predicted molar refractivity (Wildman–Crippen MR) is 57.3 cm³/mol. The van der Waals surface area contributed by atoms with Gasteiger partial charge in [0.05, 0.1) is 6.61 Å². The van der Waals surface area contributed by atoms with Crippen LogP contribution in [0.2, 0.25) is 0 Å². The molecule has 0 heterocycles. The SMILES string of the molecule is CCCCOOC(=O)C(CCCC)OC. The summed E-state index contributed by atoms with van der Waals surface area (Å²) >= 11 is 0. The smallest absolute Gasteiger partial charge is 0.370 e. The molecule has 0 rings (SSSR count). The molecule has 0 spiro atoms. The minimum Gasteiger partial charge on any atom is -0.370 e. The van der Waals surface area contributed by atoms with Crippen LogP contribution in [0.5, 0.6) is 0 Å². The summed E-state index contributed by atoms with van der Waals surface area (Å²) in [5.74, 6) is -0.429. The van der Waals surface area contributed by atoms with Crippen LogP contribution in [0.3, 0.4) is 0 Å². The van der Waals surface area contributed by atoms with E-state index in [1.807, 2.05) is 6.92 Å². The highest BCUT2D eigenvalue weighted by Gasteiger charge is 2.19. The monoisotopic (exact) mass is 218 g/mol. The van der Waals surface area contributed by atoms with Crippen molar-refractivity contribution in [1.29, 1.82) is 0 Å². The lowest BCUT2D eigenvalue weighted by atomic mass is 10.2. The van der Waals surface area contributed by atoms with Gasteiger partial charge in [0.25, 0.3) is 0 Å². The van der Waals surface area contributed by atoms with Crippen LogP contribution in [0.15, 0.2) is 0 Å². The summed E-state index contributed by atoms with van der Waals surface area (Å²) in [6, 6.07) is 0. The van der Waals surface area contributed by atoms with Crippen LogP contribution >= 0.6 is 0 Å². The van der Waals surface area contributed by atoms with E-state index in [1.54, 1.807) is 0 Å². The summed E-state index contributed by atoms with van der Waals surface area (Å²) < 4.78 is 5.02. The van der Waals surface area contributed by atoms with Crippen LogP contribution in [-0.4, -0.2) is 25.8 Å². The van der Waals surface area contributed by atoms with Crippen molar-refractivity contribution in [2.24, 2.45) is 0 Å². The fourth-order valence-corrected chi connectivity index (χ4v) is 1.08. The van der Waals surface area contributed by atoms with Crippen LogP contribution in [0.1, 0.15) is 46.0 Å². The minimum absolute atomic E-state index is 0.429. The Morgan fingerprint density at radius 2 is 1.87 bits per heavy atom. The Bertz CT molecular complexity index is 159. The molecule has 4 nitrogen and oxygen atoms in total. The first-order valence-electron chi connectivity index (χ1n) is 5.62. The fourth-order valence-electron chi connectivity index (χ4n) is 1.08. The molecule has 1 atom stereocenters. The molecular formula is C11H22O4. The Morgan fingerprint density at radius 1 is 1.20 bits per heavy atom. The first kappa shape index (κ1) is 14.4. The largest absolute Gasteiger partial charge is 0.370 e. The summed E-state index contributed by atoms with van der Waals surface area (Å²) in [5, 5.41) is 0. The molecule has 0 saturated carbocycles. The van der Waals surface area contributed by atoms with Gasteiger partial charge in [-0.05, 0) is 12.8 Å². The number of ether oxygens (including phenoxy) is 1. The average molecular weight is 218 g/mol. The first-order valence-corrected chi connectivity index (χ1v) is 5.62. The third kappa shape index (κ3) is 7.33. The Kier molecular flexibility index (Phi) is 9.52. The highest BCUT2D eigenvalue weighted by atomic mass is 17.2. The summed E-state index contributed by atoms with van der Waals surface area (Å²) in [6.07, 6.45) is 4.07. The molecule has 0 saturated heterocycles. The Morgan fingerprint density at radius 3 is 2.40 bits per heavy atom. The van der Waals surface area contributed by atoms with Gasteiger partial charge in [-0.2, -0.15) is 4.89 Å². The van der Waals surface area contributed by atoms with Gasteiger partial charge in [0.1, 0.15) is 0 Å². The summed E-state index contributed by atoms with van der Waals surface area (Å²) in [5.41, 5.74) is 0. The first-order chi connectivity index (χ1) is 7.26. The molecule has 0 aromatic heterocycles. The lowest BCUT2D eigenvalue weighted by molar-refractivity contribution is -0.279. The quantitative estimate of drug-likeness (QED) is 0.339. The zero-order valence-corrected chi connectivity index (χ0v) is 9.95. The van der Waals surface area contributed by atoms with Gasteiger partial charge in [-0.1, -0.05) is 33.1 Å². The topological polar surface area (TPSA) is 44.8 Å². The molecular weight excluding hydrogens is 196 g/mol. The van der Waals surface area contributed by atoms with Gasteiger partial charge >= 0.3 is 5.97 Å². The standard InChI is InChI=1S/C11H22O4/c1-4-6-8-10(13-3)11(12)15-14-9-7-5-2/h10H,4-9H2,1-3H3. The average Bonchev–Trinajstić information content (AvgIpc) is 2.25. The number of carbonyl (C=O) groups is 1. The van der Waals surface area contributed by atoms with Gasteiger partial charge in [0, 0.05) is 7.11 Å². The molecule has 0 bridgehead atoms. The van der Waals surface area contributed by atoms with E-state index in [0.717, 1.165) is 25.7 Å². The second-order valence-electron chi connectivity index (χ2n) is 3.44. The highest BCUT2D eigenvalue weighted by Crippen LogP contribution is 2.06. The van der Waals surface area contributed by atoms with Gasteiger partial charge in [-0.3, -0.25) is 4.89 Å². The number of unbranched alkanes of at least 4 members (excludes halogenated alkanes) is 2. The van der Waals surface area contributed by atoms with E-state index in [2.05, 4.69) is 11.8 Å². The van der Waals surface area contributed by atoms with Crippen LogP contribution in [-0.2, 0) is 19.3 Å². The summed E-state index contributed by atoms with van der Waals surface area (Å²) in [7, 11) is 1.51. The maximum Gasteiger partial charge on any atom is 0.370 e. The highest BCUT2D eigenvalue weighted by molar-refractivity contribution is 5.73. The molecule has 90 valence electrons. The molecule has 1 unspecified atom stereocenters. The van der Waals surface area contributed by atoms with Crippen LogP contribution in [0, 0.1) is 0 Å². The third-order valence-electron chi connectivity index (χ3n) is 2.09. The second-order valence-corrected chi connectivity index (χ2v) is 3.44. The van der Waals surface area contributed by atoms with Gasteiger partial charge < -0.3 is 4.74 Å². The van der Waals surface area contributed by atoms with E-state index in [0.29, 0.717) is 13.0 Å². The van der Waals surface area contributed by atoms with E-state index in [1.165, 1.54) is 7.11 Å². The van der Waals surface area contributed by atoms with Crippen LogP contribution < -0.4 is 0 Å². The van der Waals surface area contributed by atoms with Crippen LogP contribution in [0.25, 0.3) is 0 Å². The molecule has 0 amide bonds. The lowest BCUT2D eigenvalue weighted by Gasteiger charge is -2.12. The van der Waals surface area contributed by atoms with Gasteiger partial charge in [0.15, 0.2) is 6.10 Å². The molecule has 0 N–H and O–H groups in total. The number of carbonyl (C=O) groups excluding carboxylic acids is 1. The predicted octanol–water partition coefficient (Wildman–Crippen LogP) is 2.47. The molecule has 0 aliphatic heterocycles. The maximum absolute atomic E-state index is 11.4. The molecule has 0 radical (unpaired) electrons. The van der Waals surface area contributed by atoms with Gasteiger partial charge in [-0.15, -0.1) is 0 Å². The molecule has 0 aromatic carbocycles. The fraction of sp³-hybridized carbons (Fsp3) is 0.909. The zero-order valence-electron chi connectivity index (χ0n) is 9.95. The van der Waals surface area contributed by atoms with Crippen molar-refractivity contribution < 1.29 is 19.3 Å². The molecule has 4 heteroatoms. The van der Waals surface area contributed by atoms with E-state index in [-0.39, 0.29) is 0 Å². The second kappa shape index (κ2) is 9.93. The summed E-state index contributed by atoms with van der Waals surface area (Å²) in [4.78, 5) is 20.8. The van der Waals surface area contributed by atoms with Gasteiger partial charge in [-0.25, -0.2) is 4.79 Å². The number of hydrogen-bond donors (Lipinski definition) is 0. The minimum atomic E-state index is -0.494. The van der Waals surface area contributed by atoms with Crippen molar-refractivity contribution in [2.45, 2.75) is 52.1 Å². The van der Waals surface area contributed by atoms with Crippen molar-refractivity contribution in [3.05, 3.63) is 0 Å². The van der Waals surface area contributed by atoms with E-state index in [4.69, 9.17) is 9.62 Å². The molecule has 0 aliphatic carbocycles. The number of hydrogen-bond acceptors (Lipinski definition) is 4. The molecule has 15 heavy (non-hydrogen) atoms. The Hall–Kier alpha value is -0.610. The van der Waals surface area contributed by atoms with Crippen LogP contribution in [0.4, 0.5) is 0 Å². The molecule has 0 aromatic rings. The van der Waals surface area contributed by atoms with E-state index >= 15 is 0 Å². The number of methoxy groups -OCH3 is 1. The maximum atomic E-state index is 11.4. The normalized spacial score (nSPS) is 12.5. The van der Waals surface area contributed by atoms with Crippen molar-refractivity contribution >= 4 is 5.97 Å². The summed E-state index contributed by atoms with van der Waals surface area (Å²) in [6.45, 7) is 4.56. The molecule has 0 fully saturated rings.